The van der Waals surface area contributed by atoms with Crippen LogP contribution in [-0.4, -0.2) is 49.7 Å². The zero-order chi connectivity index (χ0) is 18.2. The number of sulfonamides is 1. The van der Waals surface area contributed by atoms with Crippen molar-refractivity contribution >= 4 is 39.1 Å². The minimum absolute atomic E-state index is 0.132. The lowest BCUT2D eigenvalue weighted by Crippen LogP contribution is -2.50. The van der Waals surface area contributed by atoms with E-state index >= 15 is 0 Å². The molecule has 1 aliphatic heterocycles. The maximum Gasteiger partial charge on any atom is 0.289 e. The summed E-state index contributed by atoms with van der Waals surface area (Å²) in [5, 5.41) is 0.504. The Morgan fingerprint density at radius 1 is 1.12 bits per heavy atom. The molecule has 0 radical (unpaired) electrons. The Balaban J connectivity index is 1.76. The summed E-state index contributed by atoms with van der Waals surface area (Å²) in [5.41, 5.74) is 0.531. The number of amides is 1. The topological polar surface area (TPSA) is 70.8 Å². The molecular formula is C16H16Cl2N2O4S. The Bertz CT molecular complexity index is 889. The normalized spacial score (nSPS) is 16.2. The molecule has 2 aromatic rings. The van der Waals surface area contributed by atoms with Crippen LogP contribution in [0.5, 0.6) is 0 Å². The van der Waals surface area contributed by atoms with Crippen molar-refractivity contribution in [2.45, 2.75) is 11.8 Å². The van der Waals surface area contributed by atoms with E-state index in [1.54, 1.807) is 24.0 Å². The first kappa shape index (κ1) is 18.3. The molecule has 1 saturated heterocycles. The average Bonchev–Trinajstić information content (AvgIpc) is 3.12. The lowest BCUT2D eigenvalue weighted by molar-refractivity contribution is 0.0666. The molecule has 0 unspecified atom stereocenters. The number of hydrogen-bond donors (Lipinski definition) is 0. The molecule has 2 heterocycles. The standard InChI is InChI=1S/C16H16Cl2N2O4S/c1-11-9-12(17)13(18)10-15(11)25(22,23)20-6-4-19(5-7-20)16(21)14-3-2-8-24-14/h2-3,8-10H,4-7H2,1H3. The smallest absolute Gasteiger partial charge is 0.289 e. The lowest BCUT2D eigenvalue weighted by atomic mass is 10.2. The largest absolute Gasteiger partial charge is 0.459 e. The molecule has 1 aromatic carbocycles. The Kier molecular flexibility index (Phi) is 5.11. The van der Waals surface area contributed by atoms with Crippen molar-refractivity contribution in [1.29, 1.82) is 0 Å². The number of benzene rings is 1. The number of halogens is 2. The first-order valence-corrected chi connectivity index (χ1v) is 9.79. The van der Waals surface area contributed by atoms with Gasteiger partial charge in [0.25, 0.3) is 5.91 Å². The summed E-state index contributed by atoms with van der Waals surface area (Å²) in [4.78, 5) is 14.0. The van der Waals surface area contributed by atoms with Gasteiger partial charge in [0, 0.05) is 26.2 Å². The minimum atomic E-state index is -3.71. The molecule has 0 spiro atoms. The first-order chi connectivity index (χ1) is 11.8. The fourth-order valence-corrected chi connectivity index (χ4v) is 4.83. The average molecular weight is 403 g/mol. The van der Waals surface area contributed by atoms with Crippen LogP contribution in [0.4, 0.5) is 0 Å². The van der Waals surface area contributed by atoms with Crippen LogP contribution >= 0.6 is 23.2 Å². The highest BCUT2D eigenvalue weighted by Gasteiger charge is 2.32. The summed E-state index contributed by atoms with van der Waals surface area (Å²) in [6.07, 6.45) is 1.43. The summed E-state index contributed by atoms with van der Waals surface area (Å²) < 4.78 is 32.2. The predicted octanol–water partition coefficient (Wildman–Crippen LogP) is 3.04. The second kappa shape index (κ2) is 6.99. The van der Waals surface area contributed by atoms with E-state index in [4.69, 9.17) is 27.6 Å². The SMILES string of the molecule is Cc1cc(Cl)c(Cl)cc1S(=O)(=O)N1CCN(C(=O)c2ccco2)CC1. The van der Waals surface area contributed by atoms with E-state index in [0.29, 0.717) is 23.7 Å². The molecule has 0 aliphatic carbocycles. The van der Waals surface area contributed by atoms with Crippen molar-refractivity contribution in [2.24, 2.45) is 0 Å². The van der Waals surface area contributed by atoms with Gasteiger partial charge >= 0.3 is 0 Å². The molecule has 1 aliphatic rings. The number of furan rings is 1. The van der Waals surface area contributed by atoms with Gasteiger partial charge in [-0.15, -0.1) is 0 Å². The molecule has 25 heavy (non-hydrogen) atoms. The van der Waals surface area contributed by atoms with Crippen molar-refractivity contribution < 1.29 is 17.6 Å². The van der Waals surface area contributed by atoms with Gasteiger partial charge in [0.2, 0.25) is 10.0 Å². The zero-order valence-corrected chi connectivity index (χ0v) is 15.7. The van der Waals surface area contributed by atoms with E-state index < -0.39 is 10.0 Å². The molecule has 1 aromatic heterocycles. The summed E-state index contributed by atoms with van der Waals surface area (Å²) in [6, 6.07) is 6.13. The van der Waals surface area contributed by atoms with Crippen molar-refractivity contribution in [1.82, 2.24) is 9.21 Å². The van der Waals surface area contributed by atoms with Gasteiger partial charge in [-0.05, 0) is 36.8 Å². The monoisotopic (exact) mass is 402 g/mol. The summed E-state index contributed by atoms with van der Waals surface area (Å²) >= 11 is 11.9. The van der Waals surface area contributed by atoms with Crippen LogP contribution in [0.3, 0.4) is 0 Å². The van der Waals surface area contributed by atoms with Crippen molar-refractivity contribution in [2.75, 3.05) is 26.2 Å². The zero-order valence-electron chi connectivity index (χ0n) is 13.4. The van der Waals surface area contributed by atoms with Gasteiger partial charge in [-0.25, -0.2) is 8.42 Å². The Hall–Kier alpha value is -1.54. The summed E-state index contributed by atoms with van der Waals surface area (Å²) in [5.74, 6) is 0.00407. The second-order valence-corrected chi connectivity index (χ2v) is 8.43. The van der Waals surface area contributed by atoms with Gasteiger partial charge in [-0.2, -0.15) is 4.31 Å². The van der Waals surface area contributed by atoms with Crippen LogP contribution in [0.15, 0.2) is 39.8 Å². The number of carbonyl (C=O) groups excluding carboxylic acids is 1. The fraction of sp³-hybridized carbons (Fsp3) is 0.312. The Morgan fingerprint density at radius 3 is 2.36 bits per heavy atom. The Labute approximate surface area is 156 Å². The van der Waals surface area contributed by atoms with E-state index in [-0.39, 0.29) is 34.7 Å². The second-order valence-electron chi connectivity index (χ2n) is 5.71. The highest BCUT2D eigenvalue weighted by Crippen LogP contribution is 2.30. The van der Waals surface area contributed by atoms with Gasteiger partial charge in [-0.1, -0.05) is 23.2 Å². The number of nitrogens with zero attached hydrogens (tertiary/aromatic N) is 2. The number of piperazine rings is 1. The third kappa shape index (κ3) is 3.55. The van der Waals surface area contributed by atoms with Crippen LogP contribution in [0.2, 0.25) is 10.0 Å². The molecule has 0 atom stereocenters. The molecule has 0 saturated carbocycles. The third-order valence-electron chi connectivity index (χ3n) is 4.09. The maximum absolute atomic E-state index is 12.9. The van der Waals surface area contributed by atoms with Crippen LogP contribution in [0.25, 0.3) is 0 Å². The van der Waals surface area contributed by atoms with Gasteiger partial charge in [0.1, 0.15) is 0 Å². The molecule has 6 nitrogen and oxygen atoms in total. The highest BCUT2D eigenvalue weighted by atomic mass is 35.5. The molecule has 1 fully saturated rings. The van der Waals surface area contributed by atoms with Crippen molar-refractivity contribution in [3.63, 3.8) is 0 Å². The Morgan fingerprint density at radius 2 is 1.76 bits per heavy atom. The number of rotatable bonds is 3. The third-order valence-corrected chi connectivity index (χ3v) is 6.86. The minimum Gasteiger partial charge on any atom is -0.459 e. The van der Waals surface area contributed by atoms with Gasteiger partial charge in [0.05, 0.1) is 21.2 Å². The van der Waals surface area contributed by atoms with Crippen LogP contribution in [0.1, 0.15) is 16.1 Å². The summed E-state index contributed by atoms with van der Waals surface area (Å²) in [7, 11) is -3.71. The number of carbonyl (C=O) groups is 1. The molecule has 0 N–H and O–H groups in total. The van der Waals surface area contributed by atoms with Gasteiger partial charge in [0.15, 0.2) is 5.76 Å². The van der Waals surface area contributed by atoms with E-state index in [1.807, 2.05) is 0 Å². The van der Waals surface area contributed by atoms with E-state index in [2.05, 4.69) is 0 Å². The maximum atomic E-state index is 12.9. The van der Waals surface area contributed by atoms with Crippen LogP contribution < -0.4 is 0 Å². The number of hydrogen-bond acceptors (Lipinski definition) is 4. The van der Waals surface area contributed by atoms with E-state index in [1.165, 1.54) is 22.7 Å². The van der Waals surface area contributed by atoms with Gasteiger partial charge in [-0.3, -0.25) is 4.79 Å². The number of aryl methyl sites for hydroxylation is 1. The van der Waals surface area contributed by atoms with Crippen LogP contribution in [-0.2, 0) is 10.0 Å². The highest BCUT2D eigenvalue weighted by molar-refractivity contribution is 7.89. The fourth-order valence-electron chi connectivity index (χ4n) is 2.73. The summed E-state index contributed by atoms with van der Waals surface area (Å²) in [6.45, 7) is 2.66. The van der Waals surface area contributed by atoms with Crippen molar-refractivity contribution in [3.05, 3.63) is 51.9 Å². The van der Waals surface area contributed by atoms with E-state index in [0.717, 1.165) is 0 Å². The quantitative estimate of drug-likeness (QED) is 0.790. The lowest BCUT2D eigenvalue weighted by Gasteiger charge is -2.33. The molecular weight excluding hydrogens is 387 g/mol. The predicted molar refractivity (Wildman–Crippen MR) is 94.6 cm³/mol. The molecule has 134 valence electrons. The molecule has 3 rings (SSSR count). The van der Waals surface area contributed by atoms with Gasteiger partial charge < -0.3 is 9.32 Å². The van der Waals surface area contributed by atoms with Crippen LogP contribution in [0, 0.1) is 6.92 Å². The molecule has 1 amide bonds. The molecule has 0 bridgehead atoms. The van der Waals surface area contributed by atoms with E-state index in [9.17, 15) is 13.2 Å². The first-order valence-electron chi connectivity index (χ1n) is 7.59. The molecule has 9 heteroatoms. The van der Waals surface area contributed by atoms with Crippen molar-refractivity contribution in [3.8, 4) is 0 Å².